The average molecular weight is 443 g/mol. The van der Waals surface area contributed by atoms with Crippen molar-refractivity contribution in [3.8, 4) is 17.2 Å². The molecule has 0 spiro atoms. The first-order valence-corrected chi connectivity index (χ1v) is 10.4. The molecule has 1 aliphatic rings. The van der Waals surface area contributed by atoms with E-state index < -0.39 is 0 Å². The smallest absolute Gasteiger partial charge is 0.251 e. The molecule has 0 aliphatic carbocycles. The maximum atomic E-state index is 12.6. The highest BCUT2D eigenvalue weighted by molar-refractivity contribution is 6.32. The molecule has 3 aromatic rings. The zero-order valence-electron chi connectivity index (χ0n) is 17.4. The predicted molar refractivity (Wildman–Crippen MR) is 115 cm³/mol. The van der Waals surface area contributed by atoms with Crippen molar-refractivity contribution in [1.82, 2.24) is 10.5 Å². The zero-order valence-corrected chi connectivity index (χ0v) is 18.1. The molecule has 7 nitrogen and oxygen atoms in total. The van der Waals surface area contributed by atoms with Gasteiger partial charge in [0.1, 0.15) is 31.3 Å². The zero-order chi connectivity index (χ0) is 21.8. The van der Waals surface area contributed by atoms with Gasteiger partial charge in [-0.1, -0.05) is 22.8 Å². The quantitative estimate of drug-likeness (QED) is 0.588. The van der Waals surface area contributed by atoms with Crippen LogP contribution >= 0.6 is 11.6 Å². The van der Waals surface area contributed by atoms with Gasteiger partial charge < -0.3 is 24.1 Å². The number of nitrogens with one attached hydrogen (secondary N) is 1. The van der Waals surface area contributed by atoms with E-state index in [-0.39, 0.29) is 5.91 Å². The van der Waals surface area contributed by atoms with E-state index in [0.29, 0.717) is 60.6 Å². The number of rotatable bonds is 7. The number of benzene rings is 2. The molecule has 4 rings (SSSR count). The van der Waals surface area contributed by atoms with Gasteiger partial charge in [-0.3, -0.25) is 4.79 Å². The van der Waals surface area contributed by atoms with Crippen LogP contribution in [0, 0.1) is 13.8 Å². The van der Waals surface area contributed by atoms with Gasteiger partial charge in [-0.25, -0.2) is 0 Å². The standard InChI is InChI=1S/C23H23ClN2O5/c1-14-19(15(2)31-26-14)13-30-18-5-3-4-17(12-18)23(27)25-7-6-16-10-20(24)22-21(11-16)28-8-9-29-22/h3-5,10-12H,6-9,13H2,1-2H3,(H,25,27). The molecule has 2 aromatic carbocycles. The van der Waals surface area contributed by atoms with Gasteiger partial charge in [0.25, 0.3) is 5.91 Å². The van der Waals surface area contributed by atoms with Gasteiger partial charge in [-0.05, 0) is 56.2 Å². The number of hydrogen-bond acceptors (Lipinski definition) is 6. The number of aromatic nitrogens is 1. The summed E-state index contributed by atoms with van der Waals surface area (Å²) in [5.74, 6) is 2.38. The topological polar surface area (TPSA) is 82.8 Å². The number of ether oxygens (including phenoxy) is 3. The molecule has 0 unspecified atom stereocenters. The van der Waals surface area contributed by atoms with Crippen LogP contribution in [0.25, 0.3) is 0 Å². The molecule has 0 saturated carbocycles. The van der Waals surface area contributed by atoms with Gasteiger partial charge in [0.05, 0.1) is 16.3 Å². The highest BCUT2D eigenvalue weighted by Gasteiger charge is 2.17. The Labute approximate surface area is 185 Å². The highest BCUT2D eigenvalue weighted by Crippen LogP contribution is 2.38. The van der Waals surface area contributed by atoms with E-state index in [2.05, 4.69) is 10.5 Å². The van der Waals surface area contributed by atoms with E-state index in [4.69, 9.17) is 30.3 Å². The van der Waals surface area contributed by atoms with E-state index in [1.165, 1.54) is 0 Å². The summed E-state index contributed by atoms with van der Waals surface area (Å²) in [6, 6.07) is 10.8. The van der Waals surface area contributed by atoms with Crippen LogP contribution in [0.5, 0.6) is 17.2 Å². The molecule has 0 fully saturated rings. The number of nitrogens with zero attached hydrogens (tertiary/aromatic N) is 1. The van der Waals surface area contributed by atoms with Crippen molar-refractivity contribution in [2.24, 2.45) is 0 Å². The number of fused-ring (bicyclic) bond motifs is 1. The third kappa shape index (κ3) is 4.94. The van der Waals surface area contributed by atoms with Crippen molar-refractivity contribution in [2.45, 2.75) is 26.9 Å². The van der Waals surface area contributed by atoms with E-state index in [1.54, 1.807) is 18.2 Å². The fourth-order valence-electron chi connectivity index (χ4n) is 3.32. The molecule has 0 bridgehead atoms. The van der Waals surface area contributed by atoms with Crippen LogP contribution in [0.1, 0.15) is 32.9 Å². The highest BCUT2D eigenvalue weighted by atomic mass is 35.5. The maximum absolute atomic E-state index is 12.6. The monoisotopic (exact) mass is 442 g/mol. The summed E-state index contributed by atoms with van der Waals surface area (Å²) in [5, 5.41) is 7.36. The molecular formula is C23H23ClN2O5. The summed E-state index contributed by atoms with van der Waals surface area (Å²) in [5.41, 5.74) is 3.20. The molecule has 31 heavy (non-hydrogen) atoms. The van der Waals surface area contributed by atoms with Crippen LogP contribution in [0.3, 0.4) is 0 Å². The first-order valence-electron chi connectivity index (χ1n) is 10.0. The van der Waals surface area contributed by atoms with Gasteiger partial charge in [0, 0.05) is 12.1 Å². The molecule has 1 aromatic heterocycles. The molecule has 1 N–H and O–H groups in total. The number of halogens is 1. The maximum Gasteiger partial charge on any atom is 0.251 e. The molecule has 162 valence electrons. The van der Waals surface area contributed by atoms with Gasteiger partial charge in [-0.2, -0.15) is 0 Å². The second-order valence-electron chi connectivity index (χ2n) is 7.23. The van der Waals surface area contributed by atoms with Gasteiger partial charge in [-0.15, -0.1) is 0 Å². The third-order valence-electron chi connectivity index (χ3n) is 5.02. The number of aryl methyl sites for hydroxylation is 2. The first-order chi connectivity index (χ1) is 15.0. The van der Waals surface area contributed by atoms with Crippen LogP contribution in [0.15, 0.2) is 40.9 Å². The summed E-state index contributed by atoms with van der Waals surface area (Å²) in [7, 11) is 0. The van der Waals surface area contributed by atoms with Crippen molar-refractivity contribution in [3.05, 3.63) is 69.6 Å². The Bertz CT molecular complexity index is 1080. The molecule has 2 heterocycles. The van der Waals surface area contributed by atoms with Gasteiger partial charge in [0.15, 0.2) is 11.5 Å². The Hall–Kier alpha value is -3.19. The lowest BCUT2D eigenvalue weighted by molar-refractivity contribution is 0.0953. The summed E-state index contributed by atoms with van der Waals surface area (Å²) >= 11 is 6.27. The summed E-state index contributed by atoms with van der Waals surface area (Å²) in [6.45, 7) is 5.49. The number of amides is 1. The third-order valence-corrected chi connectivity index (χ3v) is 5.30. The summed E-state index contributed by atoms with van der Waals surface area (Å²) in [4.78, 5) is 12.6. The first kappa shape index (κ1) is 21.1. The number of hydrogen-bond donors (Lipinski definition) is 1. The lowest BCUT2D eigenvalue weighted by Gasteiger charge is -2.20. The van der Waals surface area contributed by atoms with Crippen molar-refractivity contribution in [2.75, 3.05) is 19.8 Å². The lowest BCUT2D eigenvalue weighted by Crippen LogP contribution is -2.25. The number of carbonyl (C=O) groups excluding carboxylic acids is 1. The second kappa shape index (κ2) is 9.31. The van der Waals surface area contributed by atoms with E-state index in [9.17, 15) is 4.79 Å². The van der Waals surface area contributed by atoms with E-state index in [1.807, 2.05) is 32.0 Å². The van der Waals surface area contributed by atoms with E-state index in [0.717, 1.165) is 22.6 Å². The van der Waals surface area contributed by atoms with Gasteiger partial charge in [0.2, 0.25) is 0 Å². The minimum atomic E-state index is -0.175. The van der Waals surface area contributed by atoms with Crippen molar-refractivity contribution < 1.29 is 23.5 Å². The van der Waals surface area contributed by atoms with Crippen LogP contribution < -0.4 is 19.5 Å². The van der Waals surface area contributed by atoms with Gasteiger partial charge >= 0.3 is 0 Å². The van der Waals surface area contributed by atoms with Crippen LogP contribution in [0.4, 0.5) is 0 Å². The minimum Gasteiger partial charge on any atom is -0.489 e. The fourth-order valence-corrected chi connectivity index (χ4v) is 3.61. The largest absolute Gasteiger partial charge is 0.489 e. The van der Waals surface area contributed by atoms with Crippen LogP contribution in [-0.4, -0.2) is 30.8 Å². The Morgan fingerprint density at radius 3 is 2.84 bits per heavy atom. The molecule has 8 heteroatoms. The van der Waals surface area contributed by atoms with Crippen molar-refractivity contribution in [1.29, 1.82) is 0 Å². The lowest BCUT2D eigenvalue weighted by atomic mass is 10.1. The summed E-state index contributed by atoms with van der Waals surface area (Å²) < 4.78 is 22.1. The Morgan fingerprint density at radius 1 is 1.19 bits per heavy atom. The SMILES string of the molecule is Cc1noc(C)c1COc1cccc(C(=O)NCCc2cc(Cl)c3c(c2)OCCO3)c1. The molecule has 0 atom stereocenters. The molecular weight excluding hydrogens is 420 g/mol. The van der Waals surface area contributed by atoms with Crippen molar-refractivity contribution >= 4 is 17.5 Å². The van der Waals surface area contributed by atoms with Crippen molar-refractivity contribution in [3.63, 3.8) is 0 Å². The average Bonchev–Trinajstić information content (AvgIpc) is 3.09. The molecule has 1 aliphatic heterocycles. The molecule has 0 saturated heterocycles. The Morgan fingerprint density at radius 2 is 2.03 bits per heavy atom. The second-order valence-corrected chi connectivity index (χ2v) is 7.63. The van der Waals surface area contributed by atoms with E-state index >= 15 is 0 Å². The van der Waals surface area contributed by atoms with Crippen LogP contribution in [0.2, 0.25) is 5.02 Å². The molecule has 0 radical (unpaired) electrons. The Kier molecular flexibility index (Phi) is 6.32. The minimum absolute atomic E-state index is 0.175. The normalized spacial score (nSPS) is 12.5. The number of carbonyl (C=O) groups is 1. The molecule has 1 amide bonds. The summed E-state index contributed by atoms with van der Waals surface area (Å²) in [6.07, 6.45) is 0.615. The predicted octanol–water partition coefficient (Wildman–Crippen LogP) is 4.27. The Balaban J connectivity index is 1.33. The van der Waals surface area contributed by atoms with Crippen LogP contribution in [-0.2, 0) is 13.0 Å². The fraction of sp³-hybridized carbons (Fsp3) is 0.304.